The van der Waals surface area contributed by atoms with Gasteiger partial charge in [0.1, 0.15) is 23.5 Å². The number of fused-ring (bicyclic) bond motifs is 1. The summed E-state index contributed by atoms with van der Waals surface area (Å²) >= 11 is 0. The monoisotopic (exact) mass is 601 g/mol. The average molecular weight is 602 g/mol. The summed E-state index contributed by atoms with van der Waals surface area (Å²) in [7, 11) is -6.04. The number of sulfonamides is 1. The van der Waals surface area contributed by atoms with Crippen LogP contribution in [0.1, 0.15) is 0 Å². The normalized spacial score (nSPS) is 15.6. The number of nitrogens with zero attached hydrogens (tertiary/aromatic N) is 2. The summed E-state index contributed by atoms with van der Waals surface area (Å²) in [4.78, 5) is -0.331. The van der Waals surface area contributed by atoms with Gasteiger partial charge in [-0.3, -0.25) is 4.31 Å². The molecule has 1 heterocycles. The number of anilines is 1. The van der Waals surface area contributed by atoms with Gasteiger partial charge >= 0.3 is 0 Å². The number of rotatable bonds is 10. The maximum atomic E-state index is 14.5. The fourth-order valence-electron chi connectivity index (χ4n) is 4.03. The van der Waals surface area contributed by atoms with Crippen molar-refractivity contribution in [2.75, 3.05) is 44.7 Å². The summed E-state index contributed by atoms with van der Waals surface area (Å²) < 4.78 is 110. The first-order valence-electron chi connectivity index (χ1n) is 11.8. The summed E-state index contributed by atoms with van der Waals surface area (Å²) in [5.74, 6) is -2.52. The number of nitrogens with one attached hydrogen (secondary N) is 1. The van der Waals surface area contributed by atoms with Crippen LogP contribution in [0.4, 0.5) is 18.9 Å². The van der Waals surface area contributed by atoms with Gasteiger partial charge in [0, 0.05) is 25.2 Å². The van der Waals surface area contributed by atoms with Crippen molar-refractivity contribution in [3.05, 3.63) is 72.0 Å². The molecule has 1 atom stereocenters. The Kier molecular flexibility index (Phi) is 8.60. The molecule has 0 spiro atoms. The number of benzene rings is 3. The van der Waals surface area contributed by atoms with E-state index in [-0.39, 0.29) is 46.3 Å². The zero-order chi connectivity index (χ0) is 29.2. The van der Waals surface area contributed by atoms with Crippen molar-refractivity contribution >= 4 is 25.9 Å². The van der Waals surface area contributed by atoms with E-state index >= 15 is 0 Å². The number of aliphatic hydroxyl groups is 1. The summed E-state index contributed by atoms with van der Waals surface area (Å²) in [6.45, 7) is -1.32. The Labute approximate surface area is 229 Å². The minimum absolute atomic E-state index is 0.0253. The maximum Gasteiger partial charge on any atom is 0.279 e. The Bertz CT molecular complexity index is 1620. The molecule has 3 aromatic carbocycles. The number of aliphatic hydroxyl groups excluding tert-OH is 1. The Hall–Kier alpha value is -3.37. The van der Waals surface area contributed by atoms with Crippen molar-refractivity contribution in [1.82, 2.24) is 9.03 Å². The number of hydrogen-bond donors (Lipinski definition) is 2. The van der Waals surface area contributed by atoms with Gasteiger partial charge in [-0.25, -0.2) is 21.6 Å². The fraction of sp³-hybridized carbons (Fsp3) is 0.280. The highest BCUT2D eigenvalue weighted by Gasteiger charge is 2.36. The highest BCUT2D eigenvalue weighted by Crippen LogP contribution is 2.41. The highest BCUT2D eigenvalue weighted by atomic mass is 32.2. The molecule has 0 radical (unpaired) electrons. The topological polar surface area (TPSA) is 125 Å². The van der Waals surface area contributed by atoms with E-state index in [1.807, 2.05) is 0 Å². The third-order valence-corrected chi connectivity index (χ3v) is 9.47. The predicted molar refractivity (Wildman–Crippen MR) is 140 cm³/mol. The lowest BCUT2D eigenvalue weighted by Gasteiger charge is -2.36. The van der Waals surface area contributed by atoms with Crippen molar-refractivity contribution in [2.45, 2.75) is 11.0 Å². The van der Waals surface area contributed by atoms with Gasteiger partial charge in [-0.15, -0.1) is 0 Å². The largest absolute Gasteiger partial charge is 0.494 e. The molecule has 1 aliphatic rings. The van der Waals surface area contributed by atoms with E-state index in [4.69, 9.17) is 14.6 Å². The number of hydrogen-bond acceptors (Lipinski definition) is 7. The van der Waals surface area contributed by atoms with Gasteiger partial charge in [0.2, 0.25) is 0 Å². The lowest BCUT2D eigenvalue weighted by molar-refractivity contribution is 0.202. The first-order chi connectivity index (χ1) is 18.9. The van der Waals surface area contributed by atoms with E-state index in [1.165, 1.54) is 32.4 Å². The van der Waals surface area contributed by atoms with Crippen LogP contribution in [0.25, 0.3) is 11.1 Å². The van der Waals surface area contributed by atoms with Crippen molar-refractivity contribution in [3.8, 4) is 22.6 Å². The Morgan fingerprint density at radius 3 is 2.48 bits per heavy atom. The predicted octanol–water partition coefficient (Wildman–Crippen LogP) is 2.49. The second-order valence-electron chi connectivity index (χ2n) is 8.78. The van der Waals surface area contributed by atoms with E-state index in [9.17, 15) is 30.0 Å². The molecule has 0 unspecified atom stereocenters. The number of ether oxygens (including phenoxy) is 2. The van der Waals surface area contributed by atoms with Gasteiger partial charge in [0.25, 0.3) is 20.2 Å². The van der Waals surface area contributed by atoms with Crippen LogP contribution < -0.4 is 18.5 Å². The molecular formula is C25H26F3N3O7S2. The van der Waals surface area contributed by atoms with Gasteiger partial charge in [-0.05, 0) is 48.0 Å². The average Bonchev–Trinajstić information content (AvgIpc) is 2.92. The molecule has 0 amide bonds. The molecule has 0 aliphatic carbocycles. The quantitative estimate of drug-likeness (QED) is 0.366. The van der Waals surface area contributed by atoms with Gasteiger partial charge in [-0.1, -0.05) is 6.07 Å². The lowest BCUT2D eigenvalue weighted by atomic mass is 10.0. The Morgan fingerprint density at radius 1 is 1.05 bits per heavy atom. The van der Waals surface area contributed by atoms with E-state index in [1.54, 1.807) is 0 Å². The molecular weight excluding hydrogens is 575 g/mol. The second-order valence-corrected chi connectivity index (χ2v) is 12.5. The molecule has 0 bridgehead atoms. The molecule has 3 aromatic rings. The maximum absolute atomic E-state index is 14.5. The zero-order valence-electron chi connectivity index (χ0n) is 21.3. The molecule has 216 valence electrons. The first kappa shape index (κ1) is 29.6. The minimum atomic E-state index is -4.44. The molecule has 10 nitrogen and oxygen atoms in total. The van der Waals surface area contributed by atoms with Gasteiger partial charge in [-0.2, -0.15) is 17.4 Å². The van der Waals surface area contributed by atoms with Crippen molar-refractivity contribution in [1.29, 1.82) is 0 Å². The number of halogens is 3. The molecule has 4 rings (SSSR count). The van der Waals surface area contributed by atoms with Crippen LogP contribution >= 0.6 is 0 Å². The lowest BCUT2D eigenvalue weighted by Crippen LogP contribution is -2.50. The van der Waals surface area contributed by atoms with Gasteiger partial charge in [0.15, 0.2) is 11.6 Å². The molecule has 1 aliphatic heterocycles. The van der Waals surface area contributed by atoms with Crippen molar-refractivity contribution in [2.24, 2.45) is 0 Å². The summed E-state index contributed by atoms with van der Waals surface area (Å²) in [5.41, 5.74) is 0.00683. The highest BCUT2D eigenvalue weighted by molar-refractivity contribution is 7.92. The third kappa shape index (κ3) is 6.02. The molecule has 0 saturated heterocycles. The van der Waals surface area contributed by atoms with Crippen LogP contribution in [0.5, 0.6) is 11.5 Å². The van der Waals surface area contributed by atoms with Crippen LogP contribution in [0, 0.1) is 17.5 Å². The van der Waals surface area contributed by atoms with E-state index < -0.39 is 56.9 Å². The SMILES string of the molecule is COc1cc(S(=O)(=O)N2C[C@H](CNS(=O)(=O)N(C)CCO)Oc3ccc(-c4cc(F)ccc4F)cc32)ccc1F. The fourth-order valence-corrected chi connectivity index (χ4v) is 6.48. The summed E-state index contributed by atoms with van der Waals surface area (Å²) in [5, 5.41) is 9.04. The van der Waals surface area contributed by atoms with E-state index in [0.717, 1.165) is 45.0 Å². The molecule has 2 N–H and O–H groups in total. The summed E-state index contributed by atoms with van der Waals surface area (Å²) in [6, 6.07) is 9.89. The van der Waals surface area contributed by atoms with Crippen LogP contribution in [0.15, 0.2) is 59.5 Å². The van der Waals surface area contributed by atoms with Crippen LogP contribution in [0.3, 0.4) is 0 Å². The standard InChI is InChI=1S/C25H26F3N3O7S2/c1-30(9-10-32)40(35,36)29-14-18-15-31(39(33,34)19-5-7-22(28)25(13-19)37-2)23-11-16(3-8-24(23)38-18)20-12-17(26)4-6-21(20)27/h3-8,11-13,18,29,32H,9-10,14-15H2,1-2H3/t18-/m0/s1. The minimum Gasteiger partial charge on any atom is -0.494 e. The first-order valence-corrected chi connectivity index (χ1v) is 14.7. The number of methoxy groups -OCH3 is 1. The molecule has 0 aromatic heterocycles. The molecule has 0 fully saturated rings. The van der Waals surface area contributed by atoms with Crippen LogP contribution in [-0.4, -0.2) is 72.7 Å². The molecule has 40 heavy (non-hydrogen) atoms. The molecule has 0 saturated carbocycles. The molecule has 15 heteroatoms. The Morgan fingerprint density at radius 2 is 1.77 bits per heavy atom. The number of likely N-dealkylation sites (N-methyl/N-ethyl adjacent to an activating group) is 1. The second kappa shape index (κ2) is 11.6. The van der Waals surface area contributed by atoms with E-state index in [0.29, 0.717) is 0 Å². The van der Waals surface area contributed by atoms with Crippen molar-refractivity contribution in [3.63, 3.8) is 0 Å². The van der Waals surface area contributed by atoms with Crippen molar-refractivity contribution < 1.29 is 44.6 Å². The Balaban J connectivity index is 1.77. The van der Waals surface area contributed by atoms with Crippen LogP contribution in [0.2, 0.25) is 0 Å². The zero-order valence-corrected chi connectivity index (χ0v) is 23.0. The van der Waals surface area contributed by atoms with E-state index in [2.05, 4.69) is 4.72 Å². The van der Waals surface area contributed by atoms with Crippen LogP contribution in [-0.2, 0) is 20.2 Å². The smallest absolute Gasteiger partial charge is 0.279 e. The third-order valence-electron chi connectivity index (χ3n) is 6.16. The van der Waals surface area contributed by atoms with Gasteiger partial charge in [0.05, 0.1) is 37.4 Å². The summed E-state index contributed by atoms with van der Waals surface area (Å²) in [6.07, 6.45) is -1.03. The van der Waals surface area contributed by atoms with Gasteiger partial charge < -0.3 is 14.6 Å².